The van der Waals surface area contributed by atoms with Gasteiger partial charge in [0, 0.05) is 23.1 Å². The monoisotopic (exact) mass is 532 g/mol. The van der Waals surface area contributed by atoms with Crippen LogP contribution in [0.25, 0.3) is 33.1 Å². The molecule has 0 saturated carbocycles. The molecule has 3 N–H and O–H groups in total. The predicted molar refractivity (Wildman–Crippen MR) is 151 cm³/mol. The molecule has 0 aliphatic rings. The van der Waals surface area contributed by atoms with Gasteiger partial charge in [0.05, 0.1) is 22.7 Å². The van der Waals surface area contributed by atoms with Gasteiger partial charge >= 0.3 is 5.97 Å². The molecule has 6 rings (SSSR count). The standard InChI is InChI=1S/C32H24N2O6/c33-32(37)24-8-4-9-25-30(24)31-26(16-21(27-10-5-15-38-27)17-28(31)39-19-29(35)36)34(25)18-20-11-13-23(14-12-20)40-22-6-2-1-3-7-22/h1-17H,18-19H2,(H2,33,37)(H,35,36). The number of benzene rings is 4. The minimum Gasteiger partial charge on any atom is -0.481 e. The summed E-state index contributed by atoms with van der Waals surface area (Å²) < 4.78 is 19.4. The molecule has 0 atom stereocenters. The van der Waals surface area contributed by atoms with Crippen LogP contribution in [0.3, 0.4) is 0 Å². The number of primary amides is 1. The summed E-state index contributed by atoms with van der Waals surface area (Å²) in [5.74, 6) is 0.653. The lowest BCUT2D eigenvalue weighted by Crippen LogP contribution is -2.11. The molecule has 0 spiro atoms. The smallest absolute Gasteiger partial charge is 0.341 e. The minimum absolute atomic E-state index is 0.315. The summed E-state index contributed by atoms with van der Waals surface area (Å²) in [5, 5.41) is 10.5. The van der Waals surface area contributed by atoms with Gasteiger partial charge in [-0.05, 0) is 66.2 Å². The van der Waals surface area contributed by atoms with E-state index in [4.69, 9.17) is 19.6 Å². The predicted octanol–water partition coefficient (Wildman–Crippen LogP) is 6.46. The summed E-state index contributed by atoms with van der Waals surface area (Å²) in [4.78, 5) is 23.9. The van der Waals surface area contributed by atoms with Crippen LogP contribution in [0.15, 0.2) is 108 Å². The average Bonchev–Trinajstić information content (AvgIpc) is 3.60. The fraction of sp³-hybridized carbons (Fsp3) is 0.0625. The van der Waals surface area contributed by atoms with Crippen LogP contribution < -0.4 is 15.2 Å². The number of nitrogens with zero attached hydrogens (tertiary/aromatic N) is 1. The molecule has 8 nitrogen and oxygen atoms in total. The molecular weight excluding hydrogens is 508 g/mol. The van der Waals surface area contributed by atoms with Crippen molar-refractivity contribution in [2.75, 3.05) is 6.61 Å². The number of aromatic nitrogens is 1. The van der Waals surface area contributed by atoms with Gasteiger partial charge in [0.15, 0.2) is 6.61 Å². The number of carbonyl (C=O) groups excluding carboxylic acids is 1. The van der Waals surface area contributed by atoms with E-state index in [9.17, 15) is 14.7 Å². The van der Waals surface area contributed by atoms with E-state index in [1.165, 1.54) is 0 Å². The fourth-order valence-electron chi connectivity index (χ4n) is 4.91. The summed E-state index contributed by atoms with van der Waals surface area (Å²) in [7, 11) is 0. The number of hydrogen-bond donors (Lipinski definition) is 2. The molecule has 0 unspecified atom stereocenters. The Morgan fingerprint density at radius 2 is 1.60 bits per heavy atom. The molecule has 6 aromatic rings. The van der Waals surface area contributed by atoms with Crippen molar-refractivity contribution < 1.29 is 28.6 Å². The van der Waals surface area contributed by atoms with Gasteiger partial charge in [-0.1, -0.05) is 36.4 Å². The first-order chi connectivity index (χ1) is 19.5. The Morgan fingerprint density at radius 3 is 2.30 bits per heavy atom. The van der Waals surface area contributed by atoms with Crippen LogP contribution in [0.4, 0.5) is 0 Å². The lowest BCUT2D eigenvalue weighted by atomic mass is 10.0. The summed E-state index contributed by atoms with van der Waals surface area (Å²) in [6.07, 6.45) is 1.57. The number of carboxylic acid groups (broad SMARTS) is 1. The fourth-order valence-corrected chi connectivity index (χ4v) is 4.91. The van der Waals surface area contributed by atoms with Crippen LogP contribution >= 0.6 is 0 Å². The molecule has 0 fully saturated rings. The number of nitrogens with two attached hydrogens (primary N) is 1. The summed E-state index contributed by atoms with van der Waals surface area (Å²) in [6, 6.07) is 29.9. The maximum absolute atomic E-state index is 12.5. The third-order valence-electron chi connectivity index (χ3n) is 6.62. The third-order valence-corrected chi connectivity index (χ3v) is 6.62. The Hall–Kier alpha value is -5.50. The normalized spacial score (nSPS) is 11.1. The number of carbonyl (C=O) groups is 2. The molecule has 2 heterocycles. The number of ether oxygens (including phenoxy) is 2. The van der Waals surface area contributed by atoms with Gasteiger partial charge < -0.3 is 29.3 Å². The summed E-state index contributed by atoms with van der Waals surface area (Å²) in [5.41, 5.74) is 9.28. The molecule has 2 aromatic heterocycles. The molecule has 0 aliphatic heterocycles. The largest absolute Gasteiger partial charge is 0.481 e. The Bertz CT molecular complexity index is 1840. The Balaban J connectivity index is 1.51. The quantitative estimate of drug-likeness (QED) is 0.221. The maximum atomic E-state index is 12.5. The highest BCUT2D eigenvalue weighted by atomic mass is 16.5. The number of amides is 1. The highest BCUT2D eigenvalue weighted by molar-refractivity contribution is 6.20. The lowest BCUT2D eigenvalue weighted by Gasteiger charge is -2.12. The lowest BCUT2D eigenvalue weighted by molar-refractivity contribution is -0.139. The second-order valence-electron chi connectivity index (χ2n) is 9.24. The molecule has 0 aliphatic carbocycles. The van der Waals surface area contributed by atoms with Gasteiger partial charge in [-0.2, -0.15) is 0 Å². The van der Waals surface area contributed by atoms with Gasteiger partial charge in [0.1, 0.15) is 23.0 Å². The SMILES string of the molecule is NC(=O)c1cccc2c1c1c(OCC(=O)O)cc(-c3ccco3)cc1n2Cc1ccc(Oc2ccccc2)cc1. The number of carboxylic acids is 1. The number of furan rings is 1. The molecule has 198 valence electrons. The number of aliphatic carboxylic acids is 1. The van der Waals surface area contributed by atoms with Gasteiger partial charge in [-0.3, -0.25) is 4.79 Å². The second-order valence-corrected chi connectivity index (χ2v) is 9.24. The molecule has 0 bridgehead atoms. The summed E-state index contributed by atoms with van der Waals surface area (Å²) >= 11 is 0. The van der Waals surface area contributed by atoms with Crippen molar-refractivity contribution in [3.8, 4) is 28.6 Å². The molecule has 0 saturated heterocycles. The first kappa shape index (κ1) is 24.8. The third kappa shape index (κ3) is 4.74. The van der Waals surface area contributed by atoms with Crippen LogP contribution in [0.5, 0.6) is 17.2 Å². The van der Waals surface area contributed by atoms with Gasteiger partial charge in [-0.25, -0.2) is 4.79 Å². The number of para-hydroxylation sites is 1. The zero-order chi connectivity index (χ0) is 27.6. The van der Waals surface area contributed by atoms with Crippen molar-refractivity contribution in [3.05, 3.63) is 114 Å². The number of hydrogen-bond acceptors (Lipinski definition) is 5. The van der Waals surface area contributed by atoms with E-state index in [2.05, 4.69) is 4.57 Å². The van der Waals surface area contributed by atoms with E-state index >= 15 is 0 Å². The van der Waals surface area contributed by atoms with Crippen molar-refractivity contribution in [1.29, 1.82) is 0 Å². The van der Waals surface area contributed by atoms with Crippen molar-refractivity contribution in [1.82, 2.24) is 4.57 Å². The first-order valence-electron chi connectivity index (χ1n) is 12.6. The molecule has 1 amide bonds. The van der Waals surface area contributed by atoms with Crippen molar-refractivity contribution >= 4 is 33.7 Å². The van der Waals surface area contributed by atoms with Crippen LogP contribution in [-0.2, 0) is 11.3 Å². The Morgan fingerprint density at radius 1 is 0.825 bits per heavy atom. The Kier molecular flexibility index (Phi) is 6.41. The van der Waals surface area contributed by atoms with Crippen molar-refractivity contribution in [3.63, 3.8) is 0 Å². The van der Waals surface area contributed by atoms with Crippen molar-refractivity contribution in [2.45, 2.75) is 6.54 Å². The van der Waals surface area contributed by atoms with E-state index in [1.54, 1.807) is 30.5 Å². The van der Waals surface area contributed by atoms with Gasteiger partial charge in [0.25, 0.3) is 0 Å². The second kappa shape index (κ2) is 10.3. The van der Waals surface area contributed by atoms with Crippen LogP contribution in [-0.4, -0.2) is 28.2 Å². The number of fused-ring (bicyclic) bond motifs is 3. The zero-order valence-corrected chi connectivity index (χ0v) is 21.2. The molecule has 0 radical (unpaired) electrons. The molecule has 4 aromatic carbocycles. The Labute approximate surface area is 228 Å². The topological polar surface area (TPSA) is 117 Å². The van der Waals surface area contributed by atoms with Crippen LogP contribution in [0.2, 0.25) is 0 Å². The molecular formula is C32H24N2O6. The van der Waals surface area contributed by atoms with E-state index in [-0.39, 0.29) is 0 Å². The first-order valence-corrected chi connectivity index (χ1v) is 12.6. The highest BCUT2D eigenvalue weighted by Gasteiger charge is 2.22. The van der Waals surface area contributed by atoms with E-state index in [0.717, 1.165) is 22.3 Å². The van der Waals surface area contributed by atoms with Crippen molar-refractivity contribution in [2.24, 2.45) is 5.73 Å². The molecule has 40 heavy (non-hydrogen) atoms. The molecule has 8 heteroatoms. The van der Waals surface area contributed by atoms with E-state index < -0.39 is 18.5 Å². The number of rotatable bonds is 9. The highest BCUT2D eigenvalue weighted by Crippen LogP contribution is 2.41. The van der Waals surface area contributed by atoms with Gasteiger partial charge in [-0.15, -0.1) is 0 Å². The maximum Gasteiger partial charge on any atom is 0.341 e. The van der Waals surface area contributed by atoms with E-state index in [1.807, 2.05) is 72.8 Å². The average molecular weight is 533 g/mol. The summed E-state index contributed by atoms with van der Waals surface area (Å²) in [6.45, 7) is -0.0984. The minimum atomic E-state index is -1.12. The van der Waals surface area contributed by atoms with Crippen LogP contribution in [0.1, 0.15) is 15.9 Å². The zero-order valence-electron chi connectivity index (χ0n) is 21.2. The van der Waals surface area contributed by atoms with E-state index in [0.29, 0.717) is 45.7 Å². The van der Waals surface area contributed by atoms with Gasteiger partial charge in [0.2, 0.25) is 5.91 Å². The van der Waals surface area contributed by atoms with Crippen LogP contribution in [0, 0.1) is 0 Å².